The van der Waals surface area contributed by atoms with Gasteiger partial charge >= 0.3 is 0 Å². The van der Waals surface area contributed by atoms with Crippen LogP contribution in [0.25, 0.3) is 0 Å². The van der Waals surface area contributed by atoms with Gasteiger partial charge in [-0.25, -0.2) is 12.8 Å². The van der Waals surface area contributed by atoms with Gasteiger partial charge in [-0.2, -0.15) is 4.98 Å². The summed E-state index contributed by atoms with van der Waals surface area (Å²) in [5.74, 6) is 1.04. The van der Waals surface area contributed by atoms with Gasteiger partial charge < -0.3 is 19.6 Å². The SMILES string of the molecule is CS(=O)(=O)c1ccc(NC2CCN(C3CCN(c4noc(C5CCC5)n4)CC3)C2=O)c(F)c1. The van der Waals surface area contributed by atoms with Crippen molar-refractivity contribution in [3.8, 4) is 0 Å². The van der Waals surface area contributed by atoms with E-state index in [1.165, 1.54) is 18.6 Å². The molecule has 9 nitrogen and oxygen atoms in total. The van der Waals surface area contributed by atoms with Crippen LogP contribution in [0.2, 0.25) is 0 Å². The third kappa shape index (κ3) is 4.42. The van der Waals surface area contributed by atoms with Crippen LogP contribution in [-0.4, -0.2) is 67.3 Å². The van der Waals surface area contributed by atoms with Crippen LogP contribution in [0.1, 0.15) is 50.3 Å². The van der Waals surface area contributed by atoms with E-state index >= 15 is 0 Å². The molecule has 3 heterocycles. The number of carbonyl (C=O) groups is 1. The van der Waals surface area contributed by atoms with E-state index in [2.05, 4.69) is 20.4 Å². The Kier molecular flexibility index (Phi) is 5.75. The molecule has 1 N–H and O–H groups in total. The number of anilines is 2. The maximum atomic E-state index is 14.4. The second-order valence-electron chi connectivity index (χ2n) is 9.21. The number of nitrogens with zero attached hydrogens (tertiary/aromatic N) is 4. The molecule has 0 spiro atoms. The Morgan fingerprint density at radius 1 is 1.12 bits per heavy atom. The van der Waals surface area contributed by atoms with Crippen molar-refractivity contribution in [2.45, 2.75) is 61.4 Å². The average Bonchev–Trinajstić information content (AvgIpc) is 3.35. The van der Waals surface area contributed by atoms with Crippen LogP contribution in [0.5, 0.6) is 0 Å². The predicted octanol–water partition coefficient (Wildman–Crippen LogP) is 2.56. The molecular formula is C22H28FN5O4S. The molecule has 2 aromatic rings. The summed E-state index contributed by atoms with van der Waals surface area (Å²) >= 11 is 0. The topological polar surface area (TPSA) is 109 Å². The number of carbonyl (C=O) groups excluding carboxylic acids is 1. The van der Waals surface area contributed by atoms with Gasteiger partial charge in [-0.3, -0.25) is 4.79 Å². The Morgan fingerprint density at radius 3 is 2.52 bits per heavy atom. The minimum absolute atomic E-state index is 0.0492. The zero-order valence-electron chi connectivity index (χ0n) is 18.5. The number of aromatic nitrogens is 2. The monoisotopic (exact) mass is 477 g/mol. The Labute approximate surface area is 192 Å². The maximum Gasteiger partial charge on any atom is 0.266 e. The summed E-state index contributed by atoms with van der Waals surface area (Å²) < 4.78 is 43.1. The van der Waals surface area contributed by atoms with Crippen LogP contribution in [-0.2, 0) is 14.6 Å². The molecule has 1 unspecified atom stereocenters. The van der Waals surface area contributed by atoms with Crippen molar-refractivity contribution < 1.29 is 22.1 Å². The number of nitrogens with one attached hydrogen (secondary N) is 1. The van der Waals surface area contributed by atoms with Crippen molar-refractivity contribution >= 4 is 27.4 Å². The van der Waals surface area contributed by atoms with Gasteiger partial charge in [-0.05, 0) is 55.5 Å². The van der Waals surface area contributed by atoms with E-state index in [-0.39, 0.29) is 22.5 Å². The summed E-state index contributed by atoms with van der Waals surface area (Å²) in [4.78, 5) is 21.5. The first-order chi connectivity index (χ1) is 15.8. The molecule has 1 aromatic carbocycles. The zero-order chi connectivity index (χ0) is 23.2. The van der Waals surface area contributed by atoms with Crippen molar-refractivity contribution in [1.29, 1.82) is 0 Å². The van der Waals surface area contributed by atoms with E-state index in [4.69, 9.17) is 4.52 Å². The number of likely N-dealkylation sites (tertiary alicyclic amines) is 1. The molecule has 3 aliphatic rings. The van der Waals surface area contributed by atoms with Crippen LogP contribution < -0.4 is 10.2 Å². The molecule has 1 amide bonds. The first-order valence-electron chi connectivity index (χ1n) is 11.4. The van der Waals surface area contributed by atoms with E-state index in [0.29, 0.717) is 24.8 Å². The van der Waals surface area contributed by atoms with E-state index in [1.807, 2.05) is 4.90 Å². The highest BCUT2D eigenvalue weighted by atomic mass is 32.2. The Hall–Kier alpha value is -2.69. The Bertz CT molecular complexity index is 1140. The van der Waals surface area contributed by atoms with Crippen molar-refractivity contribution in [1.82, 2.24) is 15.0 Å². The number of sulfone groups is 1. The average molecular weight is 478 g/mol. The number of rotatable bonds is 6. The lowest BCUT2D eigenvalue weighted by Gasteiger charge is -2.36. The van der Waals surface area contributed by atoms with E-state index in [9.17, 15) is 17.6 Å². The lowest BCUT2D eigenvalue weighted by atomic mass is 9.85. The number of benzene rings is 1. The van der Waals surface area contributed by atoms with Crippen LogP contribution >= 0.6 is 0 Å². The molecule has 1 aliphatic carbocycles. The zero-order valence-corrected chi connectivity index (χ0v) is 19.4. The molecule has 1 saturated carbocycles. The summed E-state index contributed by atoms with van der Waals surface area (Å²) in [5.41, 5.74) is 0.136. The highest BCUT2D eigenvalue weighted by Gasteiger charge is 2.38. The van der Waals surface area contributed by atoms with Gasteiger partial charge in [0.25, 0.3) is 5.95 Å². The molecule has 5 rings (SSSR count). The molecule has 33 heavy (non-hydrogen) atoms. The van der Waals surface area contributed by atoms with Crippen LogP contribution in [0, 0.1) is 5.82 Å². The molecule has 0 bridgehead atoms. The van der Waals surface area contributed by atoms with Gasteiger partial charge in [-0.1, -0.05) is 6.42 Å². The molecule has 1 aromatic heterocycles. The lowest BCUT2D eigenvalue weighted by molar-refractivity contribution is -0.130. The first kappa shape index (κ1) is 22.1. The highest BCUT2D eigenvalue weighted by molar-refractivity contribution is 7.90. The predicted molar refractivity (Wildman–Crippen MR) is 119 cm³/mol. The second-order valence-corrected chi connectivity index (χ2v) is 11.2. The third-order valence-electron chi connectivity index (χ3n) is 7.01. The lowest BCUT2D eigenvalue weighted by Crippen LogP contribution is -2.47. The molecule has 11 heteroatoms. The number of hydrogen-bond donors (Lipinski definition) is 1. The van der Waals surface area contributed by atoms with Crippen molar-refractivity contribution in [3.05, 3.63) is 29.9 Å². The largest absolute Gasteiger partial charge is 0.371 e. The summed E-state index contributed by atoms with van der Waals surface area (Å²) in [5, 5.41) is 7.11. The van der Waals surface area contributed by atoms with E-state index in [0.717, 1.165) is 57.0 Å². The molecule has 2 saturated heterocycles. The van der Waals surface area contributed by atoms with Gasteiger partial charge in [0, 0.05) is 37.8 Å². The van der Waals surface area contributed by atoms with Gasteiger partial charge in [-0.15, -0.1) is 0 Å². The third-order valence-corrected chi connectivity index (χ3v) is 8.12. The fourth-order valence-corrected chi connectivity index (χ4v) is 5.42. The van der Waals surface area contributed by atoms with Crippen molar-refractivity contribution in [2.75, 3.05) is 36.1 Å². The standard InChI is InChI=1S/C22H28FN5O4S/c1-33(30,31)16-5-6-18(17(23)13-16)24-19-9-12-28(21(19)29)15-7-10-27(11-8-15)22-25-20(32-26-22)14-3-2-4-14/h5-6,13-15,19,24H,2-4,7-12H2,1H3. The van der Waals surface area contributed by atoms with Gasteiger partial charge in [0.05, 0.1) is 10.6 Å². The molecule has 2 aliphatic heterocycles. The van der Waals surface area contributed by atoms with Crippen LogP contribution in [0.4, 0.5) is 16.0 Å². The normalized spacial score (nSPS) is 22.6. The smallest absolute Gasteiger partial charge is 0.266 e. The van der Waals surface area contributed by atoms with Gasteiger partial charge in [0.15, 0.2) is 9.84 Å². The van der Waals surface area contributed by atoms with Gasteiger partial charge in [0.1, 0.15) is 11.9 Å². The van der Waals surface area contributed by atoms with E-state index in [1.54, 1.807) is 0 Å². The minimum Gasteiger partial charge on any atom is -0.371 e. The molecular weight excluding hydrogens is 449 g/mol. The first-order valence-corrected chi connectivity index (χ1v) is 13.3. The van der Waals surface area contributed by atoms with Crippen LogP contribution in [0.3, 0.4) is 0 Å². The summed E-state index contributed by atoms with van der Waals surface area (Å²) in [7, 11) is -3.49. The Balaban J connectivity index is 1.17. The number of hydrogen-bond acceptors (Lipinski definition) is 8. The quantitative estimate of drug-likeness (QED) is 0.676. The fourth-order valence-electron chi connectivity index (χ4n) is 4.78. The minimum atomic E-state index is -3.49. The Morgan fingerprint density at radius 2 is 1.88 bits per heavy atom. The molecule has 0 radical (unpaired) electrons. The van der Waals surface area contributed by atoms with Crippen molar-refractivity contribution in [3.63, 3.8) is 0 Å². The number of halogens is 1. The van der Waals surface area contributed by atoms with Gasteiger partial charge in [0.2, 0.25) is 11.8 Å². The summed E-state index contributed by atoms with van der Waals surface area (Å²) in [6.07, 6.45) is 6.66. The van der Waals surface area contributed by atoms with Crippen molar-refractivity contribution in [2.24, 2.45) is 0 Å². The maximum absolute atomic E-state index is 14.4. The fraction of sp³-hybridized carbons (Fsp3) is 0.591. The summed E-state index contributed by atoms with van der Waals surface area (Å²) in [6, 6.07) is 3.31. The highest BCUT2D eigenvalue weighted by Crippen LogP contribution is 2.36. The second kappa shape index (κ2) is 8.58. The molecule has 3 fully saturated rings. The molecule has 178 valence electrons. The molecule has 1 atom stereocenters. The summed E-state index contributed by atoms with van der Waals surface area (Å²) in [6.45, 7) is 2.10. The van der Waals surface area contributed by atoms with E-state index < -0.39 is 21.7 Å². The number of piperidine rings is 1. The van der Waals surface area contributed by atoms with Crippen LogP contribution in [0.15, 0.2) is 27.6 Å². The number of amides is 1.